The predicted molar refractivity (Wildman–Crippen MR) is 298 cm³/mol. The Bertz CT molecular complexity index is 3970. The van der Waals surface area contributed by atoms with E-state index in [4.69, 9.17) is 0 Å². The molecule has 10 aromatic carbocycles. The summed E-state index contributed by atoms with van der Waals surface area (Å²) in [5, 5.41) is 7.89. The Morgan fingerprint density at radius 1 is 0.343 bits per heavy atom. The van der Waals surface area contributed by atoms with Gasteiger partial charge < -0.3 is 4.90 Å². The highest BCUT2D eigenvalue weighted by Crippen LogP contribution is 2.58. The number of anilines is 3. The lowest BCUT2D eigenvalue weighted by atomic mass is 9.80. The van der Waals surface area contributed by atoms with Crippen molar-refractivity contribution in [1.82, 2.24) is 0 Å². The largest absolute Gasteiger partial charge is 0.310 e. The lowest BCUT2D eigenvalue weighted by Crippen LogP contribution is -2.19. The average molecular weight is 898 g/mol. The number of nitrogens with zero attached hydrogens (tertiary/aromatic N) is 1. The van der Waals surface area contributed by atoms with E-state index in [1.54, 1.807) is 0 Å². The number of hydrogen-bond acceptors (Lipinski definition) is 1. The first-order valence-electron chi connectivity index (χ1n) is 25.3. The van der Waals surface area contributed by atoms with Crippen LogP contribution < -0.4 is 4.90 Å². The Morgan fingerprint density at radius 2 is 0.800 bits per heavy atom. The van der Waals surface area contributed by atoms with Crippen LogP contribution in [0.2, 0.25) is 0 Å². The van der Waals surface area contributed by atoms with Crippen molar-refractivity contribution in [3.63, 3.8) is 0 Å². The van der Waals surface area contributed by atoms with Gasteiger partial charge in [0.2, 0.25) is 0 Å². The van der Waals surface area contributed by atoms with Crippen molar-refractivity contribution < 1.29 is 0 Å². The molecule has 14 rings (SSSR count). The molecule has 10 aromatic rings. The summed E-state index contributed by atoms with van der Waals surface area (Å²) in [6.45, 7) is 14.6. The third-order valence-corrected chi connectivity index (χ3v) is 17.0. The van der Waals surface area contributed by atoms with E-state index in [0.29, 0.717) is 0 Å². The molecule has 0 unspecified atom stereocenters. The Kier molecular flexibility index (Phi) is 8.63. The summed E-state index contributed by atoms with van der Waals surface area (Å²) in [7, 11) is 0. The molecule has 4 aliphatic carbocycles. The van der Waals surface area contributed by atoms with Gasteiger partial charge in [0, 0.05) is 33.3 Å². The van der Waals surface area contributed by atoms with Crippen molar-refractivity contribution in [1.29, 1.82) is 0 Å². The normalized spacial score (nSPS) is 16.1. The SMILES string of the molecule is CC1(C)c2cc(N(c3ccc4c(c3)C(C)(C)c3cc(C5=CCCC=C5)c5ccccc5c3-4)c3ccc4c(c3)C(C)(C)c3cc(-c5ccccc5)c5ccccc5c3-4)ccc2-c2c1ccc1ccccc21. The maximum absolute atomic E-state index is 2.56. The smallest absolute Gasteiger partial charge is 0.0465 e. The maximum atomic E-state index is 2.56. The third-order valence-electron chi connectivity index (χ3n) is 17.0. The molecule has 0 saturated carbocycles. The Labute approximate surface area is 412 Å². The van der Waals surface area contributed by atoms with Crippen molar-refractivity contribution in [2.45, 2.75) is 70.6 Å². The molecule has 1 heteroatoms. The van der Waals surface area contributed by atoms with Crippen molar-refractivity contribution in [3.8, 4) is 44.5 Å². The standard InChI is InChI=1S/C69H55N/c1-67(2)58-36-29-44-23-13-14-24-48(44)64(58)53-33-30-45(37-59(53)67)70(46-31-34-54-60(38-46)68(3,4)62-40-56(42-19-9-7-10-20-42)49-25-15-17-27-51(49)65(54)62)47-32-35-55-61(39-47)69(5,6)63-41-57(43-21-11-8-12-22-43)50-26-16-18-28-52(50)66(55)63/h7,9-11,13-41H,8,12H2,1-6H3. The van der Waals surface area contributed by atoms with Crippen LogP contribution in [0.3, 0.4) is 0 Å². The first kappa shape index (κ1) is 41.3. The molecular formula is C69H55N. The number of hydrogen-bond donors (Lipinski definition) is 0. The lowest BCUT2D eigenvalue weighted by Gasteiger charge is -2.31. The van der Waals surface area contributed by atoms with Crippen molar-refractivity contribution in [2.75, 3.05) is 4.90 Å². The van der Waals surface area contributed by atoms with Gasteiger partial charge in [0.05, 0.1) is 0 Å². The van der Waals surface area contributed by atoms with Crippen LogP contribution in [0.4, 0.5) is 17.1 Å². The first-order chi connectivity index (χ1) is 34.0. The monoisotopic (exact) mass is 897 g/mol. The van der Waals surface area contributed by atoms with Crippen LogP contribution in [0.25, 0.3) is 82.4 Å². The molecule has 0 radical (unpaired) electrons. The van der Waals surface area contributed by atoms with Crippen LogP contribution in [0.15, 0.2) is 200 Å². The summed E-state index contributed by atoms with van der Waals surface area (Å²) >= 11 is 0. The number of benzene rings is 10. The lowest BCUT2D eigenvalue weighted by molar-refractivity contribution is 0.660. The fourth-order valence-corrected chi connectivity index (χ4v) is 13.4. The molecule has 4 aliphatic rings. The summed E-state index contributed by atoms with van der Waals surface area (Å²) < 4.78 is 0. The predicted octanol–water partition coefficient (Wildman–Crippen LogP) is 18.9. The van der Waals surface area contributed by atoms with Crippen LogP contribution in [0.1, 0.15) is 93.3 Å². The fourth-order valence-electron chi connectivity index (χ4n) is 13.4. The molecule has 0 saturated heterocycles. The van der Waals surface area contributed by atoms with E-state index < -0.39 is 0 Å². The molecular weight excluding hydrogens is 843 g/mol. The van der Waals surface area contributed by atoms with Crippen LogP contribution in [-0.2, 0) is 16.2 Å². The van der Waals surface area contributed by atoms with Gasteiger partial charge in [0.25, 0.3) is 0 Å². The highest BCUT2D eigenvalue weighted by atomic mass is 15.1. The van der Waals surface area contributed by atoms with Gasteiger partial charge in [0.1, 0.15) is 0 Å². The molecule has 0 fully saturated rings. The number of allylic oxidation sites excluding steroid dienone is 4. The Hall–Kier alpha value is -7.74. The molecule has 0 bridgehead atoms. The highest BCUT2D eigenvalue weighted by molar-refractivity contribution is 6.11. The fraction of sp³-hybridized carbons (Fsp3) is 0.159. The van der Waals surface area contributed by atoms with Gasteiger partial charge in [0.15, 0.2) is 0 Å². The van der Waals surface area contributed by atoms with E-state index in [0.717, 1.165) is 12.8 Å². The molecule has 0 aromatic heterocycles. The molecule has 336 valence electrons. The number of fused-ring (bicyclic) bond motifs is 15. The van der Waals surface area contributed by atoms with Gasteiger partial charge in [-0.05, 0) is 183 Å². The molecule has 0 spiro atoms. The number of rotatable bonds is 5. The van der Waals surface area contributed by atoms with Gasteiger partial charge in [-0.1, -0.05) is 193 Å². The van der Waals surface area contributed by atoms with Crippen LogP contribution in [-0.4, -0.2) is 0 Å². The summed E-state index contributed by atoms with van der Waals surface area (Å²) in [4.78, 5) is 2.56. The molecule has 0 heterocycles. The minimum atomic E-state index is -0.244. The quantitative estimate of drug-likeness (QED) is 0.166. The van der Waals surface area contributed by atoms with Gasteiger partial charge in [-0.2, -0.15) is 0 Å². The van der Waals surface area contributed by atoms with E-state index in [9.17, 15) is 0 Å². The van der Waals surface area contributed by atoms with E-state index >= 15 is 0 Å². The zero-order chi connectivity index (χ0) is 47.3. The minimum absolute atomic E-state index is 0.182. The summed E-state index contributed by atoms with van der Waals surface area (Å²) in [6, 6.07) is 69.6. The molecule has 1 nitrogen and oxygen atoms in total. The minimum Gasteiger partial charge on any atom is -0.310 e. The van der Waals surface area contributed by atoms with E-state index in [2.05, 4.69) is 247 Å². The zero-order valence-corrected chi connectivity index (χ0v) is 40.9. The van der Waals surface area contributed by atoms with Gasteiger partial charge >= 0.3 is 0 Å². The summed E-state index contributed by atoms with van der Waals surface area (Å²) in [5.74, 6) is 0. The highest BCUT2D eigenvalue weighted by Gasteiger charge is 2.41. The van der Waals surface area contributed by atoms with Crippen molar-refractivity contribution >= 4 is 55.0 Å². The second-order valence-electron chi connectivity index (χ2n) is 21.9. The second-order valence-corrected chi connectivity index (χ2v) is 21.9. The molecule has 0 N–H and O–H groups in total. The second kappa shape index (κ2) is 14.6. The third kappa shape index (κ3) is 5.67. The van der Waals surface area contributed by atoms with Crippen LogP contribution in [0.5, 0.6) is 0 Å². The summed E-state index contributed by atoms with van der Waals surface area (Å²) in [5.41, 5.74) is 24.5. The van der Waals surface area contributed by atoms with E-state index in [1.807, 2.05) is 0 Å². The Morgan fingerprint density at radius 3 is 1.34 bits per heavy atom. The van der Waals surface area contributed by atoms with E-state index in [-0.39, 0.29) is 16.2 Å². The van der Waals surface area contributed by atoms with E-state index in [1.165, 1.54) is 138 Å². The molecule has 70 heavy (non-hydrogen) atoms. The van der Waals surface area contributed by atoms with Crippen molar-refractivity contribution in [2.24, 2.45) is 0 Å². The molecule has 0 atom stereocenters. The first-order valence-corrected chi connectivity index (χ1v) is 25.3. The van der Waals surface area contributed by atoms with Crippen molar-refractivity contribution in [3.05, 3.63) is 239 Å². The zero-order valence-electron chi connectivity index (χ0n) is 40.9. The van der Waals surface area contributed by atoms with Gasteiger partial charge in [-0.25, -0.2) is 0 Å². The molecule has 0 aliphatic heterocycles. The maximum Gasteiger partial charge on any atom is 0.0465 e. The topological polar surface area (TPSA) is 3.24 Å². The summed E-state index contributed by atoms with van der Waals surface area (Å²) in [6.07, 6.45) is 9.29. The average Bonchev–Trinajstić information content (AvgIpc) is 3.88. The van der Waals surface area contributed by atoms with Gasteiger partial charge in [-0.15, -0.1) is 0 Å². The van der Waals surface area contributed by atoms with Gasteiger partial charge in [-0.3, -0.25) is 0 Å². The molecule has 0 amide bonds. The Balaban J connectivity index is 0.977. The van der Waals surface area contributed by atoms with Crippen LogP contribution >= 0.6 is 0 Å². The van der Waals surface area contributed by atoms with Crippen LogP contribution in [0, 0.1) is 0 Å².